The SMILES string of the molecule is COc1ccc(Br)cc1NC1CC(c2cccc(Br)c2)C1. The molecule has 1 N–H and O–H groups in total. The van der Waals surface area contributed by atoms with E-state index in [-0.39, 0.29) is 0 Å². The molecule has 0 saturated heterocycles. The lowest BCUT2D eigenvalue weighted by molar-refractivity contribution is 0.370. The Morgan fingerprint density at radius 2 is 1.81 bits per heavy atom. The summed E-state index contributed by atoms with van der Waals surface area (Å²) >= 11 is 7.05. The summed E-state index contributed by atoms with van der Waals surface area (Å²) in [5.74, 6) is 1.54. The van der Waals surface area contributed by atoms with Crippen LogP contribution in [0.25, 0.3) is 0 Å². The minimum atomic E-state index is 0.511. The van der Waals surface area contributed by atoms with Gasteiger partial charge in [0.2, 0.25) is 0 Å². The molecule has 1 saturated carbocycles. The summed E-state index contributed by atoms with van der Waals surface area (Å²) in [5.41, 5.74) is 2.48. The average Bonchev–Trinajstić information content (AvgIpc) is 2.42. The second-order valence-corrected chi connectivity index (χ2v) is 7.24. The molecule has 2 aromatic carbocycles. The summed E-state index contributed by atoms with van der Waals surface area (Å²) < 4.78 is 7.63. The highest BCUT2D eigenvalue weighted by Gasteiger charge is 2.30. The number of halogens is 2. The minimum Gasteiger partial charge on any atom is -0.495 e. The predicted octanol–water partition coefficient (Wildman–Crippen LogP) is 5.58. The number of ether oxygens (including phenoxy) is 1. The van der Waals surface area contributed by atoms with Gasteiger partial charge in [0.25, 0.3) is 0 Å². The number of hydrogen-bond acceptors (Lipinski definition) is 2. The van der Waals surface area contributed by atoms with E-state index in [1.54, 1.807) is 7.11 Å². The Kier molecular flexibility index (Phi) is 4.55. The van der Waals surface area contributed by atoms with E-state index in [2.05, 4.69) is 67.5 Å². The van der Waals surface area contributed by atoms with Crippen LogP contribution < -0.4 is 10.1 Å². The zero-order chi connectivity index (χ0) is 14.8. The van der Waals surface area contributed by atoms with Gasteiger partial charge >= 0.3 is 0 Å². The van der Waals surface area contributed by atoms with Gasteiger partial charge in [-0.1, -0.05) is 44.0 Å². The van der Waals surface area contributed by atoms with Crippen LogP contribution in [0, 0.1) is 0 Å². The second kappa shape index (κ2) is 6.41. The van der Waals surface area contributed by atoms with Crippen LogP contribution in [0.4, 0.5) is 5.69 Å². The molecule has 0 atom stereocenters. The van der Waals surface area contributed by atoms with Gasteiger partial charge in [0.15, 0.2) is 0 Å². The van der Waals surface area contributed by atoms with E-state index < -0.39 is 0 Å². The number of methoxy groups -OCH3 is 1. The summed E-state index contributed by atoms with van der Waals surface area (Å²) in [7, 11) is 1.71. The molecule has 0 radical (unpaired) electrons. The van der Waals surface area contributed by atoms with Crippen molar-refractivity contribution in [1.82, 2.24) is 0 Å². The molecule has 1 fully saturated rings. The van der Waals surface area contributed by atoms with Crippen LogP contribution in [0.1, 0.15) is 24.3 Å². The van der Waals surface area contributed by atoms with E-state index in [1.807, 2.05) is 12.1 Å². The lowest BCUT2D eigenvalue weighted by Gasteiger charge is -2.37. The van der Waals surface area contributed by atoms with Crippen molar-refractivity contribution >= 4 is 37.5 Å². The van der Waals surface area contributed by atoms with Crippen LogP contribution >= 0.6 is 31.9 Å². The molecule has 0 bridgehead atoms. The highest BCUT2D eigenvalue weighted by Crippen LogP contribution is 2.40. The molecular formula is C17H17Br2NO. The molecule has 3 rings (SSSR count). The summed E-state index contributed by atoms with van der Waals surface area (Å²) in [6.07, 6.45) is 2.32. The quantitative estimate of drug-likeness (QED) is 0.710. The van der Waals surface area contributed by atoms with Gasteiger partial charge in [0.1, 0.15) is 5.75 Å². The number of hydrogen-bond donors (Lipinski definition) is 1. The van der Waals surface area contributed by atoms with Crippen molar-refractivity contribution in [2.45, 2.75) is 24.8 Å². The molecule has 0 spiro atoms. The van der Waals surface area contributed by atoms with Gasteiger partial charge in [-0.3, -0.25) is 0 Å². The fourth-order valence-electron chi connectivity index (χ4n) is 2.78. The van der Waals surface area contributed by atoms with E-state index in [4.69, 9.17) is 4.74 Å². The normalized spacial score (nSPS) is 20.7. The standard InChI is InChI=1S/C17H17Br2NO/c1-21-17-6-5-14(19)10-16(17)20-15-8-12(9-15)11-3-2-4-13(18)7-11/h2-7,10,12,15,20H,8-9H2,1H3. The number of rotatable bonds is 4. The van der Waals surface area contributed by atoms with Crippen molar-refractivity contribution in [3.8, 4) is 5.75 Å². The van der Waals surface area contributed by atoms with E-state index in [0.29, 0.717) is 12.0 Å². The Morgan fingerprint density at radius 1 is 1.05 bits per heavy atom. The monoisotopic (exact) mass is 409 g/mol. The number of anilines is 1. The van der Waals surface area contributed by atoms with Gasteiger partial charge in [-0.15, -0.1) is 0 Å². The summed E-state index contributed by atoms with van der Waals surface area (Å²) in [6.45, 7) is 0. The van der Waals surface area contributed by atoms with Crippen molar-refractivity contribution in [3.63, 3.8) is 0 Å². The lowest BCUT2D eigenvalue weighted by atomic mass is 9.76. The van der Waals surface area contributed by atoms with Gasteiger partial charge in [0.05, 0.1) is 12.8 Å². The maximum absolute atomic E-state index is 5.41. The molecule has 1 aliphatic rings. The molecule has 0 aromatic heterocycles. The third kappa shape index (κ3) is 3.43. The molecular weight excluding hydrogens is 394 g/mol. The van der Waals surface area contributed by atoms with Crippen LogP contribution in [0.5, 0.6) is 5.75 Å². The first-order valence-electron chi connectivity index (χ1n) is 7.01. The molecule has 1 aliphatic carbocycles. The maximum Gasteiger partial charge on any atom is 0.142 e. The van der Waals surface area contributed by atoms with Crippen LogP contribution in [0.15, 0.2) is 51.4 Å². The molecule has 2 nitrogen and oxygen atoms in total. The predicted molar refractivity (Wildman–Crippen MR) is 94.2 cm³/mol. The van der Waals surface area contributed by atoms with Gasteiger partial charge in [-0.2, -0.15) is 0 Å². The Morgan fingerprint density at radius 3 is 2.52 bits per heavy atom. The third-order valence-electron chi connectivity index (χ3n) is 3.98. The first-order chi connectivity index (χ1) is 10.2. The van der Waals surface area contributed by atoms with Gasteiger partial charge in [-0.05, 0) is 54.7 Å². The highest BCUT2D eigenvalue weighted by molar-refractivity contribution is 9.10. The Bertz CT molecular complexity index is 638. The van der Waals surface area contributed by atoms with E-state index in [0.717, 1.165) is 33.2 Å². The molecule has 0 aliphatic heterocycles. The molecule has 2 aromatic rings. The van der Waals surface area contributed by atoms with Gasteiger partial charge in [-0.25, -0.2) is 0 Å². The van der Waals surface area contributed by atoms with E-state index in [9.17, 15) is 0 Å². The van der Waals surface area contributed by atoms with Crippen molar-refractivity contribution < 1.29 is 4.74 Å². The molecule has 21 heavy (non-hydrogen) atoms. The second-order valence-electron chi connectivity index (χ2n) is 5.41. The molecule has 110 valence electrons. The number of benzene rings is 2. The van der Waals surface area contributed by atoms with Crippen LogP contribution in [-0.4, -0.2) is 13.2 Å². The average molecular weight is 411 g/mol. The summed E-state index contributed by atoms with van der Waals surface area (Å²) in [6, 6.07) is 15.2. The first-order valence-corrected chi connectivity index (χ1v) is 8.60. The molecule has 4 heteroatoms. The Balaban J connectivity index is 1.64. The minimum absolute atomic E-state index is 0.511. The van der Waals surface area contributed by atoms with Crippen molar-refractivity contribution in [2.24, 2.45) is 0 Å². The highest BCUT2D eigenvalue weighted by atomic mass is 79.9. The van der Waals surface area contributed by atoms with Crippen molar-refractivity contribution in [3.05, 3.63) is 57.0 Å². The van der Waals surface area contributed by atoms with Crippen molar-refractivity contribution in [1.29, 1.82) is 0 Å². The fourth-order valence-corrected chi connectivity index (χ4v) is 3.56. The molecule has 0 unspecified atom stereocenters. The molecule has 0 amide bonds. The van der Waals surface area contributed by atoms with E-state index >= 15 is 0 Å². The Labute approximate surface area is 142 Å². The van der Waals surface area contributed by atoms with Crippen LogP contribution in [0.2, 0.25) is 0 Å². The van der Waals surface area contributed by atoms with Crippen LogP contribution in [0.3, 0.4) is 0 Å². The van der Waals surface area contributed by atoms with E-state index in [1.165, 1.54) is 5.56 Å². The summed E-state index contributed by atoms with van der Waals surface area (Å²) in [4.78, 5) is 0. The van der Waals surface area contributed by atoms with Gasteiger partial charge < -0.3 is 10.1 Å². The van der Waals surface area contributed by atoms with Gasteiger partial charge in [0, 0.05) is 15.0 Å². The number of nitrogens with one attached hydrogen (secondary N) is 1. The zero-order valence-corrected chi connectivity index (χ0v) is 14.9. The Hall–Kier alpha value is -1.00. The van der Waals surface area contributed by atoms with Crippen molar-refractivity contribution in [2.75, 3.05) is 12.4 Å². The fraction of sp³-hybridized carbons (Fsp3) is 0.294. The molecule has 0 heterocycles. The lowest BCUT2D eigenvalue weighted by Crippen LogP contribution is -2.34. The zero-order valence-electron chi connectivity index (χ0n) is 11.8. The summed E-state index contributed by atoms with van der Waals surface area (Å²) in [5, 5.41) is 3.59. The largest absolute Gasteiger partial charge is 0.495 e. The van der Waals surface area contributed by atoms with Crippen LogP contribution in [-0.2, 0) is 0 Å². The first kappa shape index (κ1) is 14.9. The smallest absolute Gasteiger partial charge is 0.142 e. The third-order valence-corrected chi connectivity index (χ3v) is 4.97. The topological polar surface area (TPSA) is 21.3 Å². The maximum atomic E-state index is 5.41.